The maximum absolute atomic E-state index is 5.46. The Morgan fingerprint density at radius 1 is 1.57 bits per heavy atom. The molecular formula is C5H13ClSi. The van der Waals surface area contributed by atoms with Crippen molar-refractivity contribution in [1.29, 1.82) is 0 Å². The molecule has 0 aromatic rings. The maximum Gasteiger partial charge on any atom is 0.0220 e. The molecule has 0 saturated carbocycles. The van der Waals surface area contributed by atoms with Crippen LogP contribution in [-0.2, 0) is 0 Å². The fraction of sp³-hybridized carbons (Fsp3) is 1.00. The molecule has 0 nitrogen and oxygen atoms in total. The van der Waals surface area contributed by atoms with Crippen molar-refractivity contribution in [3.8, 4) is 0 Å². The zero-order chi connectivity index (χ0) is 5.54. The molecular weight excluding hydrogens is 124 g/mol. The first-order valence-electron chi connectivity index (χ1n) is 2.97. The fourth-order valence-corrected chi connectivity index (χ4v) is 2.13. The van der Waals surface area contributed by atoms with E-state index in [1.165, 1.54) is 18.5 Å². The Bertz CT molecular complexity index is 27.3. The zero-order valence-electron chi connectivity index (χ0n) is 4.91. The van der Waals surface area contributed by atoms with Crippen LogP contribution in [0.25, 0.3) is 0 Å². The molecule has 0 atom stereocenters. The highest BCUT2D eigenvalue weighted by atomic mass is 35.5. The molecule has 0 aliphatic carbocycles. The first kappa shape index (κ1) is 7.51. The van der Waals surface area contributed by atoms with Crippen LogP contribution in [0.3, 0.4) is 0 Å². The second-order valence-electron chi connectivity index (χ2n) is 1.75. The van der Waals surface area contributed by atoms with E-state index in [1.54, 1.807) is 0 Å². The molecule has 0 saturated heterocycles. The average Bonchev–Trinajstić information content (AvgIpc) is 1.69. The third-order valence-electron chi connectivity index (χ3n) is 0.987. The maximum atomic E-state index is 5.46. The van der Waals surface area contributed by atoms with E-state index in [0.29, 0.717) is 9.52 Å². The molecule has 7 heavy (non-hydrogen) atoms. The highest BCUT2D eigenvalue weighted by Crippen LogP contribution is 1.92. The van der Waals surface area contributed by atoms with Crippen LogP contribution in [0.1, 0.15) is 13.3 Å². The van der Waals surface area contributed by atoms with Crippen molar-refractivity contribution in [3.05, 3.63) is 0 Å². The van der Waals surface area contributed by atoms with Crippen molar-refractivity contribution in [2.45, 2.75) is 25.4 Å². The zero-order valence-corrected chi connectivity index (χ0v) is 7.08. The summed E-state index contributed by atoms with van der Waals surface area (Å²) in [6.45, 7) is 2.26. The normalized spacial score (nSPS) is 11.1. The van der Waals surface area contributed by atoms with Gasteiger partial charge in [0.25, 0.3) is 0 Å². The van der Waals surface area contributed by atoms with Gasteiger partial charge >= 0.3 is 0 Å². The Morgan fingerprint density at radius 3 is 2.71 bits per heavy atom. The molecule has 2 heteroatoms. The summed E-state index contributed by atoms with van der Waals surface area (Å²) in [5.41, 5.74) is 0. The van der Waals surface area contributed by atoms with Crippen LogP contribution in [0, 0.1) is 0 Å². The van der Waals surface area contributed by atoms with Crippen LogP contribution in [0.5, 0.6) is 0 Å². The lowest BCUT2D eigenvalue weighted by Gasteiger charge is -1.88. The molecule has 0 radical (unpaired) electrons. The minimum absolute atomic E-state index is 0.326. The number of rotatable bonds is 4. The van der Waals surface area contributed by atoms with Crippen LogP contribution in [-0.4, -0.2) is 15.4 Å². The molecule has 44 valence electrons. The SMILES string of the molecule is CC[SiH2]CCCCl. The van der Waals surface area contributed by atoms with E-state index in [0.717, 1.165) is 5.88 Å². The first-order chi connectivity index (χ1) is 3.41. The van der Waals surface area contributed by atoms with Gasteiger partial charge in [0.1, 0.15) is 0 Å². The molecule has 0 aliphatic heterocycles. The smallest absolute Gasteiger partial charge is 0.0220 e. The van der Waals surface area contributed by atoms with Gasteiger partial charge in [-0.1, -0.05) is 19.0 Å². The average molecular weight is 137 g/mol. The quantitative estimate of drug-likeness (QED) is 0.313. The van der Waals surface area contributed by atoms with Gasteiger partial charge in [0.2, 0.25) is 0 Å². The summed E-state index contributed by atoms with van der Waals surface area (Å²) in [4.78, 5) is 0. The van der Waals surface area contributed by atoms with Crippen LogP contribution >= 0.6 is 11.6 Å². The van der Waals surface area contributed by atoms with Gasteiger partial charge in [0, 0.05) is 15.4 Å². The molecule has 0 bridgehead atoms. The summed E-state index contributed by atoms with van der Waals surface area (Å²) < 4.78 is 0. The van der Waals surface area contributed by atoms with Gasteiger partial charge in [0.15, 0.2) is 0 Å². The molecule has 0 aromatic heterocycles. The van der Waals surface area contributed by atoms with E-state index in [1.807, 2.05) is 0 Å². The van der Waals surface area contributed by atoms with Gasteiger partial charge in [0.05, 0.1) is 0 Å². The van der Waals surface area contributed by atoms with Crippen LogP contribution in [0.15, 0.2) is 0 Å². The standard InChI is InChI=1S/C5H13ClSi/c1-2-7-5-3-4-6/h2-5,7H2,1H3. The predicted molar refractivity (Wildman–Crippen MR) is 39.2 cm³/mol. The van der Waals surface area contributed by atoms with Crippen LogP contribution in [0.4, 0.5) is 0 Å². The highest BCUT2D eigenvalue weighted by Gasteiger charge is 1.82. The summed E-state index contributed by atoms with van der Waals surface area (Å²) in [6, 6.07) is 2.89. The van der Waals surface area contributed by atoms with E-state index in [4.69, 9.17) is 11.6 Å². The topological polar surface area (TPSA) is 0 Å². The summed E-state index contributed by atoms with van der Waals surface area (Å²) in [7, 11) is 0.326. The van der Waals surface area contributed by atoms with E-state index in [9.17, 15) is 0 Å². The molecule has 0 unspecified atom stereocenters. The second-order valence-corrected chi connectivity index (χ2v) is 4.54. The minimum Gasteiger partial charge on any atom is -0.127 e. The molecule has 0 heterocycles. The van der Waals surface area contributed by atoms with Crippen molar-refractivity contribution in [1.82, 2.24) is 0 Å². The lowest BCUT2D eigenvalue weighted by atomic mass is 10.6. The van der Waals surface area contributed by atoms with E-state index >= 15 is 0 Å². The van der Waals surface area contributed by atoms with E-state index in [-0.39, 0.29) is 0 Å². The third kappa shape index (κ3) is 6.51. The minimum atomic E-state index is 0.326. The van der Waals surface area contributed by atoms with Gasteiger partial charge in [-0.15, -0.1) is 11.6 Å². The van der Waals surface area contributed by atoms with Crippen LogP contribution in [0.2, 0.25) is 12.1 Å². The number of hydrogen-bond acceptors (Lipinski definition) is 0. The Morgan fingerprint density at radius 2 is 2.29 bits per heavy atom. The van der Waals surface area contributed by atoms with Crippen molar-refractivity contribution in [2.75, 3.05) is 5.88 Å². The van der Waals surface area contributed by atoms with Gasteiger partial charge in [-0.3, -0.25) is 0 Å². The molecule has 0 fully saturated rings. The van der Waals surface area contributed by atoms with Crippen molar-refractivity contribution >= 4 is 21.1 Å². The van der Waals surface area contributed by atoms with E-state index < -0.39 is 0 Å². The molecule has 0 rings (SSSR count). The lowest BCUT2D eigenvalue weighted by Crippen LogP contribution is -1.84. The second kappa shape index (κ2) is 6.51. The molecule has 0 N–H and O–H groups in total. The third-order valence-corrected chi connectivity index (χ3v) is 2.96. The first-order valence-corrected chi connectivity index (χ1v) is 5.51. The largest absolute Gasteiger partial charge is 0.127 e. The molecule has 0 aliphatic rings. The summed E-state index contributed by atoms with van der Waals surface area (Å²) in [6.07, 6.45) is 1.25. The Hall–Kier alpha value is 0.507. The van der Waals surface area contributed by atoms with Gasteiger partial charge in [-0.25, -0.2) is 0 Å². The van der Waals surface area contributed by atoms with Crippen molar-refractivity contribution in [3.63, 3.8) is 0 Å². The Kier molecular flexibility index (Phi) is 6.98. The molecule has 0 amide bonds. The summed E-state index contributed by atoms with van der Waals surface area (Å²) in [5.74, 6) is 0.868. The van der Waals surface area contributed by atoms with Crippen LogP contribution < -0.4 is 0 Å². The van der Waals surface area contributed by atoms with Crippen molar-refractivity contribution in [2.24, 2.45) is 0 Å². The van der Waals surface area contributed by atoms with Gasteiger partial charge in [-0.2, -0.15) is 0 Å². The predicted octanol–water partition coefficient (Wildman–Crippen LogP) is 1.64. The Labute approximate surface area is 53.1 Å². The van der Waals surface area contributed by atoms with Crippen molar-refractivity contribution < 1.29 is 0 Å². The number of alkyl halides is 1. The lowest BCUT2D eigenvalue weighted by molar-refractivity contribution is 1.08. The van der Waals surface area contributed by atoms with Gasteiger partial charge in [-0.05, 0) is 6.42 Å². The summed E-state index contributed by atoms with van der Waals surface area (Å²) >= 11 is 5.46. The molecule has 0 spiro atoms. The number of hydrogen-bond donors (Lipinski definition) is 0. The number of halogens is 1. The highest BCUT2D eigenvalue weighted by molar-refractivity contribution is 6.35. The fourth-order valence-electron chi connectivity index (χ4n) is 0.521. The monoisotopic (exact) mass is 136 g/mol. The molecule has 0 aromatic carbocycles. The Balaban J connectivity index is 2.45. The van der Waals surface area contributed by atoms with E-state index in [2.05, 4.69) is 6.92 Å². The van der Waals surface area contributed by atoms with Gasteiger partial charge < -0.3 is 0 Å². The summed E-state index contributed by atoms with van der Waals surface area (Å²) in [5, 5.41) is 0.